The second-order valence-corrected chi connectivity index (χ2v) is 6.65. The van der Waals surface area contributed by atoms with Crippen LogP contribution in [0.15, 0.2) is 24.3 Å². The summed E-state index contributed by atoms with van der Waals surface area (Å²) in [6.45, 7) is -0.0608. The molecule has 7 heteroatoms. The van der Waals surface area contributed by atoms with E-state index in [1.807, 2.05) is 24.3 Å². The molecule has 1 amide bonds. The number of nitrogens with zero attached hydrogens (tertiary/aromatic N) is 1. The second-order valence-electron chi connectivity index (χ2n) is 3.49. The molecule has 94 valence electrons. The highest BCUT2D eigenvalue weighted by molar-refractivity contribution is 14.1. The van der Waals surface area contributed by atoms with Crippen molar-refractivity contribution in [3.63, 3.8) is 0 Å². The molecule has 0 spiro atoms. The van der Waals surface area contributed by atoms with E-state index in [2.05, 4.69) is 22.6 Å². The Kier molecular flexibility index (Phi) is 4.75. The summed E-state index contributed by atoms with van der Waals surface area (Å²) in [4.78, 5) is 10.8. The molecule has 0 aliphatic rings. The van der Waals surface area contributed by atoms with Gasteiger partial charge in [-0.2, -0.15) is 0 Å². The van der Waals surface area contributed by atoms with Crippen LogP contribution in [0.25, 0.3) is 0 Å². The van der Waals surface area contributed by atoms with Gasteiger partial charge in [-0.3, -0.25) is 0 Å². The minimum Gasteiger partial charge on any atom is -0.464 e. The fourth-order valence-electron chi connectivity index (χ4n) is 1.29. The number of hydrogen-bond donors (Lipinski definition) is 1. The zero-order valence-electron chi connectivity index (χ0n) is 9.13. The largest absolute Gasteiger partial charge is 0.464 e. The molecule has 17 heavy (non-hydrogen) atoms. The van der Waals surface area contributed by atoms with Gasteiger partial charge in [0.05, 0.1) is 6.26 Å². The van der Waals surface area contributed by atoms with Crippen LogP contribution in [-0.2, 0) is 16.4 Å². The van der Waals surface area contributed by atoms with Gasteiger partial charge in [0.25, 0.3) is 0 Å². The highest BCUT2D eigenvalue weighted by Crippen LogP contribution is 2.09. The lowest BCUT2D eigenvalue weighted by Crippen LogP contribution is -2.36. The second kappa shape index (κ2) is 5.67. The molecule has 1 rings (SSSR count). The molecule has 0 aliphatic carbocycles. The molecule has 0 unspecified atom stereocenters. The van der Waals surface area contributed by atoms with Crippen molar-refractivity contribution in [1.29, 1.82) is 0 Å². The van der Waals surface area contributed by atoms with Crippen molar-refractivity contribution in [3.8, 4) is 0 Å². The van der Waals surface area contributed by atoms with Crippen molar-refractivity contribution >= 4 is 38.7 Å². The average molecular weight is 369 g/mol. The Labute approximate surface area is 114 Å². The SMILES string of the molecule is CS(=O)(=O)N(CCc1ccc(I)cc1)C(=O)O. The predicted molar refractivity (Wildman–Crippen MR) is 72.4 cm³/mol. The van der Waals surface area contributed by atoms with Gasteiger partial charge in [-0.25, -0.2) is 17.5 Å². The first kappa shape index (κ1) is 14.2. The molecule has 0 aromatic heterocycles. The third-order valence-electron chi connectivity index (χ3n) is 2.13. The molecular formula is C10H12INO4S. The third-order valence-corrected chi connectivity index (χ3v) is 3.99. The maximum Gasteiger partial charge on any atom is 0.421 e. The van der Waals surface area contributed by atoms with Crippen molar-refractivity contribution in [1.82, 2.24) is 4.31 Å². The quantitative estimate of drug-likeness (QED) is 0.821. The third kappa shape index (κ3) is 4.50. The molecule has 0 heterocycles. The highest BCUT2D eigenvalue weighted by Gasteiger charge is 2.21. The molecular weight excluding hydrogens is 357 g/mol. The van der Waals surface area contributed by atoms with Crippen LogP contribution < -0.4 is 0 Å². The summed E-state index contributed by atoms with van der Waals surface area (Å²) < 4.78 is 23.9. The van der Waals surface area contributed by atoms with Crippen LogP contribution in [0.1, 0.15) is 5.56 Å². The number of hydrogen-bond acceptors (Lipinski definition) is 3. The monoisotopic (exact) mass is 369 g/mol. The predicted octanol–water partition coefficient (Wildman–Crippen LogP) is 1.77. The molecule has 0 atom stereocenters. The molecule has 1 aromatic carbocycles. The van der Waals surface area contributed by atoms with E-state index in [1.54, 1.807) is 0 Å². The van der Waals surface area contributed by atoms with Crippen LogP contribution >= 0.6 is 22.6 Å². The van der Waals surface area contributed by atoms with Crippen molar-refractivity contribution in [3.05, 3.63) is 33.4 Å². The fraction of sp³-hybridized carbons (Fsp3) is 0.300. The molecule has 1 N–H and O–H groups in total. The zero-order chi connectivity index (χ0) is 13.1. The van der Waals surface area contributed by atoms with E-state index in [0.717, 1.165) is 15.4 Å². The number of halogens is 1. The lowest BCUT2D eigenvalue weighted by Gasteiger charge is -2.16. The van der Waals surface area contributed by atoms with Crippen LogP contribution in [0.2, 0.25) is 0 Å². The summed E-state index contributed by atoms with van der Waals surface area (Å²) in [7, 11) is -3.71. The van der Waals surface area contributed by atoms with Crippen LogP contribution in [-0.4, -0.2) is 36.7 Å². The van der Waals surface area contributed by atoms with E-state index >= 15 is 0 Å². The molecule has 0 saturated carbocycles. The summed E-state index contributed by atoms with van der Waals surface area (Å²) in [5.41, 5.74) is 0.903. The first-order valence-corrected chi connectivity index (χ1v) is 7.68. The molecule has 0 aliphatic heterocycles. The molecule has 0 saturated heterocycles. The smallest absolute Gasteiger partial charge is 0.421 e. The van der Waals surface area contributed by atoms with Crippen LogP contribution in [0.3, 0.4) is 0 Å². The summed E-state index contributed by atoms with van der Waals surface area (Å²) in [6, 6.07) is 7.48. The molecule has 0 radical (unpaired) electrons. The van der Waals surface area contributed by atoms with Crippen LogP contribution in [0.5, 0.6) is 0 Å². The molecule has 0 bridgehead atoms. The average Bonchev–Trinajstić information content (AvgIpc) is 2.18. The maximum absolute atomic E-state index is 11.2. The molecule has 1 aromatic rings. The van der Waals surface area contributed by atoms with Gasteiger partial charge in [0.2, 0.25) is 10.0 Å². The number of rotatable bonds is 4. The first-order chi connectivity index (χ1) is 7.80. The Morgan fingerprint density at radius 1 is 1.35 bits per heavy atom. The van der Waals surface area contributed by atoms with Gasteiger partial charge >= 0.3 is 6.09 Å². The van der Waals surface area contributed by atoms with Gasteiger partial charge in [0.15, 0.2) is 0 Å². The van der Waals surface area contributed by atoms with Gasteiger partial charge in [0, 0.05) is 10.1 Å². The van der Waals surface area contributed by atoms with Gasteiger partial charge in [-0.15, -0.1) is 0 Å². The molecule has 5 nitrogen and oxygen atoms in total. The lowest BCUT2D eigenvalue weighted by molar-refractivity contribution is 0.173. The summed E-state index contributed by atoms with van der Waals surface area (Å²) in [5.74, 6) is 0. The topological polar surface area (TPSA) is 74.7 Å². The Morgan fingerprint density at radius 2 is 1.88 bits per heavy atom. The summed E-state index contributed by atoms with van der Waals surface area (Å²) in [5, 5.41) is 8.78. The van der Waals surface area contributed by atoms with Crippen molar-refractivity contribution in [2.45, 2.75) is 6.42 Å². The van der Waals surface area contributed by atoms with Crippen molar-refractivity contribution < 1.29 is 18.3 Å². The zero-order valence-corrected chi connectivity index (χ0v) is 12.1. The van der Waals surface area contributed by atoms with E-state index in [4.69, 9.17) is 5.11 Å². The van der Waals surface area contributed by atoms with Crippen molar-refractivity contribution in [2.24, 2.45) is 0 Å². The minimum atomic E-state index is -3.71. The minimum absolute atomic E-state index is 0.0608. The van der Waals surface area contributed by atoms with Gasteiger partial charge in [0.1, 0.15) is 0 Å². The van der Waals surface area contributed by atoms with E-state index in [9.17, 15) is 13.2 Å². The molecule has 0 fully saturated rings. The van der Waals surface area contributed by atoms with Gasteiger partial charge in [-0.1, -0.05) is 12.1 Å². The Morgan fingerprint density at radius 3 is 2.29 bits per heavy atom. The number of carboxylic acid groups (broad SMARTS) is 1. The number of carbonyl (C=O) groups is 1. The van der Waals surface area contributed by atoms with E-state index in [1.165, 1.54) is 0 Å². The number of benzene rings is 1. The van der Waals surface area contributed by atoms with Gasteiger partial charge in [-0.05, 0) is 46.7 Å². The maximum atomic E-state index is 11.2. The normalized spacial score (nSPS) is 11.2. The Bertz CT molecular complexity index is 498. The van der Waals surface area contributed by atoms with Crippen LogP contribution in [0.4, 0.5) is 4.79 Å². The van der Waals surface area contributed by atoms with Crippen molar-refractivity contribution in [2.75, 3.05) is 12.8 Å². The number of amides is 1. The highest BCUT2D eigenvalue weighted by atomic mass is 127. The van der Waals surface area contributed by atoms with E-state index in [-0.39, 0.29) is 6.54 Å². The summed E-state index contributed by atoms with van der Waals surface area (Å²) in [6.07, 6.45) is -0.191. The Balaban J connectivity index is 2.71. The summed E-state index contributed by atoms with van der Waals surface area (Å²) >= 11 is 2.16. The fourth-order valence-corrected chi connectivity index (χ4v) is 2.35. The Hall–Kier alpha value is -0.830. The number of sulfonamides is 1. The standard InChI is InChI=1S/C10H12INO4S/c1-17(15,16)12(10(13)14)7-6-8-2-4-9(11)5-3-8/h2-5H,6-7H2,1H3,(H,13,14). The van der Waals surface area contributed by atoms with Gasteiger partial charge < -0.3 is 5.11 Å². The lowest BCUT2D eigenvalue weighted by atomic mass is 10.1. The van der Waals surface area contributed by atoms with Crippen LogP contribution in [0, 0.1) is 3.57 Å². The first-order valence-electron chi connectivity index (χ1n) is 4.76. The van der Waals surface area contributed by atoms with E-state index < -0.39 is 16.1 Å². The van der Waals surface area contributed by atoms with E-state index in [0.29, 0.717) is 10.7 Å².